The number of hydrogen-bond acceptors (Lipinski definition) is 6. The number of alkyl carbamates (subject to hydrolysis) is 1. The van der Waals surface area contributed by atoms with Gasteiger partial charge in [0.2, 0.25) is 5.91 Å². The minimum Gasteiger partial charge on any atom is -0.467 e. The second kappa shape index (κ2) is 16.5. The van der Waals surface area contributed by atoms with Gasteiger partial charge in [-0.15, -0.1) is 24.9 Å². The summed E-state index contributed by atoms with van der Waals surface area (Å²) >= 11 is 1.66. The Morgan fingerprint density at radius 3 is 2.27 bits per heavy atom. The Labute approximate surface area is 267 Å². The summed E-state index contributed by atoms with van der Waals surface area (Å²) in [5.41, 5.74) is 2.51. The number of carbonyl (C=O) groups excluding carboxylic acids is 3. The molecule has 7 nitrogen and oxygen atoms in total. The number of nitrogens with zero attached hydrogens (tertiary/aromatic N) is 1. The first-order valence-electron chi connectivity index (χ1n) is 15.4. The Balaban J connectivity index is 1.92. The monoisotopic (exact) mass is 620 g/mol. The summed E-state index contributed by atoms with van der Waals surface area (Å²) in [6.45, 7) is 13.3. The average Bonchev–Trinajstić information content (AvgIpc) is 3.41. The summed E-state index contributed by atoms with van der Waals surface area (Å²) in [5, 5.41) is 2.82. The molecule has 3 rings (SSSR count). The third kappa shape index (κ3) is 9.74. The molecule has 1 saturated heterocycles. The second-order valence-corrected chi connectivity index (χ2v) is 13.6. The van der Waals surface area contributed by atoms with Crippen molar-refractivity contribution in [2.45, 2.75) is 88.1 Å². The number of methoxy groups -OCH3 is 1. The van der Waals surface area contributed by atoms with Crippen LogP contribution in [0.1, 0.15) is 71.3 Å². The van der Waals surface area contributed by atoms with Gasteiger partial charge in [0, 0.05) is 12.3 Å². The van der Waals surface area contributed by atoms with Gasteiger partial charge in [-0.3, -0.25) is 4.79 Å². The molecule has 3 atom stereocenters. The highest BCUT2D eigenvalue weighted by atomic mass is 32.2. The van der Waals surface area contributed by atoms with E-state index in [0.29, 0.717) is 25.1 Å². The van der Waals surface area contributed by atoms with E-state index in [4.69, 9.17) is 9.47 Å². The number of allylic oxidation sites excluding steroid dienone is 1. The number of amides is 2. The van der Waals surface area contributed by atoms with E-state index in [1.54, 1.807) is 37.4 Å². The van der Waals surface area contributed by atoms with Gasteiger partial charge in [-0.05, 0) is 63.1 Å². The van der Waals surface area contributed by atoms with E-state index < -0.39 is 34.5 Å². The van der Waals surface area contributed by atoms with Crippen molar-refractivity contribution in [2.24, 2.45) is 0 Å². The molecule has 0 spiro atoms. The quantitative estimate of drug-likeness (QED) is 0.125. The fourth-order valence-corrected chi connectivity index (χ4v) is 6.81. The topological polar surface area (TPSA) is 84.9 Å². The number of unbranched alkanes of at least 4 members (excludes halogenated alkanes) is 4. The van der Waals surface area contributed by atoms with Crippen LogP contribution in [0.2, 0.25) is 0 Å². The lowest BCUT2D eigenvalue weighted by atomic mass is 9.93. The molecule has 1 unspecified atom stereocenters. The maximum absolute atomic E-state index is 14.3. The lowest BCUT2D eigenvalue weighted by Gasteiger charge is -2.31. The van der Waals surface area contributed by atoms with E-state index in [1.807, 2.05) is 30.4 Å². The smallest absolute Gasteiger partial charge is 0.408 e. The molecule has 0 bridgehead atoms. The fourth-order valence-electron chi connectivity index (χ4n) is 5.56. The number of thioether (sulfide) groups is 1. The van der Waals surface area contributed by atoms with Crippen LogP contribution in [0.15, 0.2) is 79.9 Å². The summed E-state index contributed by atoms with van der Waals surface area (Å²) in [6.07, 6.45) is 8.56. The molecule has 0 saturated carbocycles. The molecule has 1 N–H and O–H groups in total. The summed E-state index contributed by atoms with van der Waals surface area (Å²) in [7, 11) is 1.34. The predicted octanol–water partition coefficient (Wildman–Crippen LogP) is 7.66. The summed E-state index contributed by atoms with van der Waals surface area (Å²) in [4.78, 5) is 41.9. The van der Waals surface area contributed by atoms with Crippen LogP contribution in [0.3, 0.4) is 0 Å². The Hall–Kier alpha value is -3.52. The first-order valence-corrected chi connectivity index (χ1v) is 16.4. The zero-order valence-corrected chi connectivity index (χ0v) is 27.5. The van der Waals surface area contributed by atoms with Crippen molar-refractivity contribution in [3.05, 3.63) is 85.5 Å². The molecule has 1 aliphatic rings. The lowest BCUT2D eigenvalue weighted by Crippen LogP contribution is -2.52. The van der Waals surface area contributed by atoms with Crippen LogP contribution in [0.5, 0.6) is 0 Å². The Kier molecular flexibility index (Phi) is 13.1. The number of benzene rings is 2. The van der Waals surface area contributed by atoms with E-state index in [2.05, 4.69) is 54.9 Å². The van der Waals surface area contributed by atoms with Crippen LogP contribution < -0.4 is 5.32 Å². The summed E-state index contributed by atoms with van der Waals surface area (Å²) in [5.74, 6) is -0.138. The van der Waals surface area contributed by atoms with Gasteiger partial charge >= 0.3 is 12.1 Å². The van der Waals surface area contributed by atoms with E-state index in [0.717, 1.165) is 48.8 Å². The van der Waals surface area contributed by atoms with Crippen molar-refractivity contribution in [1.82, 2.24) is 10.2 Å². The van der Waals surface area contributed by atoms with Gasteiger partial charge in [0.05, 0.1) is 11.9 Å². The van der Waals surface area contributed by atoms with Crippen molar-refractivity contribution in [1.29, 1.82) is 0 Å². The van der Waals surface area contributed by atoms with Crippen molar-refractivity contribution in [2.75, 3.05) is 19.4 Å². The fraction of sp³-hybridized carbons (Fsp3) is 0.472. The average molecular weight is 621 g/mol. The third-order valence-corrected chi connectivity index (χ3v) is 9.20. The highest BCUT2D eigenvalue weighted by Crippen LogP contribution is 2.48. The molecular weight excluding hydrogens is 572 g/mol. The molecule has 44 heavy (non-hydrogen) atoms. The molecule has 2 aromatic rings. The maximum atomic E-state index is 14.3. The minimum absolute atomic E-state index is 0.292. The molecule has 0 aliphatic carbocycles. The molecular formula is C36H48N2O5S. The van der Waals surface area contributed by atoms with Gasteiger partial charge in [-0.1, -0.05) is 86.0 Å². The lowest BCUT2D eigenvalue weighted by molar-refractivity contribution is -0.151. The number of likely N-dealkylation sites (tertiary alicyclic amines) is 1. The number of hydrogen-bond donors (Lipinski definition) is 1. The highest BCUT2D eigenvalue weighted by Gasteiger charge is 2.51. The van der Waals surface area contributed by atoms with E-state index in [-0.39, 0.29) is 5.91 Å². The zero-order chi connectivity index (χ0) is 32.2. The van der Waals surface area contributed by atoms with E-state index in [9.17, 15) is 14.4 Å². The molecule has 2 aromatic carbocycles. The summed E-state index contributed by atoms with van der Waals surface area (Å²) in [6, 6.07) is 16.8. The first-order chi connectivity index (χ1) is 21.0. The first kappa shape index (κ1) is 35.0. The van der Waals surface area contributed by atoms with Gasteiger partial charge in [0.15, 0.2) is 0 Å². The van der Waals surface area contributed by atoms with Crippen molar-refractivity contribution in [3.63, 3.8) is 0 Å². The van der Waals surface area contributed by atoms with Crippen molar-refractivity contribution < 1.29 is 23.9 Å². The van der Waals surface area contributed by atoms with Gasteiger partial charge < -0.3 is 19.7 Å². The summed E-state index contributed by atoms with van der Waals surface area (Å²) < 4.78 is 10.1. The third-order valence-electron chi connectivity index (χ3n) is 7.72. The van der Waals surface area contributed by atoms with E-state index in [1.165, 1.54) is 7.11 Å². The number of nitrogens with one attached hydrogen (secondary N) is 1. The molecule has 238 valence electrons. The van der Waals surface area contributed by atoms with Gasteiger partial charge in [-0.2, -0.15) is 0 Å². The molecule has 1 fully saturated rings. The molecule has 0 aromatic heterocycles. The largest absolute Gasteiger partial charge is 0.467 e. The van der Waals surface area contributed by atoms with Gasteiger partial charge in [-0.25, -0.2) is 9.59 Å². The van der Waals surface area contributed by atoms with Crippen LogP contribution in [-0.4, -0.2) is 60.0 Å². The number of rotatable bonds is 15. The predicted molar refractivity (Wildman–Crippen MR) is 179 cm³/mol. The highest BCUT2D eigenvalue weighted by molar-refractivity contribution is 8.00. The van der Waals surface area contributed by atoms with E-state index >= 15 is 0 Å². The molecule has 8 heteroatoms. The normalized spacial score (nSPS) is 18.7. The molecule has 0 radical (unpaired) electrons. The Morgan fingerprint density at radius 1 is 1.00 bits per heavy atom. The molecule has 1 aliphatic heterocycles. The van der Waals surface area contributed by atoms with Crippen LogP contribution in [0.25, 0.3) is 11.1 Å². The Bertz CT molecular complexity index is 1260. The SMILES string of the molecule is C=CCCCCCCC(NC(=O)OC(C)(C)C)C(=O)N1C[C@](SCC=C)(c2ccc(-c3ccccc3)cc2)C[C@H]1C(=O)OC. The van der Waals surface area contributed by atoms with Crippen molar-refractivity contribution in [3.8, 4) is 11.1 Å². The maximum Gasteiger partial charge on any atom is 0.408 e. The van der Waals surface area contributed by atoms with Crippen LogP contribution in [0.4, 0.5) is 4.79 Å². The van der Waals surface area contributed by atoms with Gasteiger partial charge in [0.25, 0.3) is 0 Å². The zero-order valence-electron chi connectivity index (χ0n) is 26.7. The van der Waals surface area contributed by atoms with Gasteiger partial charge in [0.1, 0.15) is 17.7 Å². The van der Waals surface area contributed by atoms with Crippen LogP contribution in [-0.2, 0) is 23.8 Å². The van der Waals surface area contributed by atoms with Crippen molar-refractivity contribution >= 4 is 29.7 Å². The Morgan fingerprint density at radius 2 is 1.66 bits per heavy atom. The molecule has 2 amide bonds. The molecule has 1 heterocycles. The number of esters is 1. The van der Waals surface area contributed by atoms with Crippen LogP contribution in [0, 0.1) is 0 Å². The van der Waals surface area contributed by atoms with Crippen LogP contribution >= 0.6 is 11.8 Å². The second-order valence-electron chi connectivity index (χ2n) is 12.2. The standard InChI is InChI=1S/C36H48N2O5S/c1-7-9-10-11-12-16-19-30(37-34(41)43-35(3,4)5)32(39)38-26-36(44-24-8-2,25-31(38)33(40)42-6)29-22-20-28(21-23-29)27-17-14-13-15-18-27/h7-8,13-15,17-18,20-23,30-31H,1-2,9-12,16,19,24-26H2,3-6H3,(H,37,41)/t30?,31-,36-/m0/s1. The minimum atomic E-state index is -0.836. The number of ether oxygens (including phenoxy) is 2. The number of carbonyl (C=O) groups is 3.